The van der Waals surface area contributed by atoms with Gasteiger partial charge in [-0.15, -0.1) is 0 Å². The van der Waals surface area contributed by atoms with Crippen molar-refractivity contribution >= 4 is 5.91 Å². The zero-order chi connectivity index (χ0) is 13.4. The van der Waals surface area contributed by atoms with Crippen molar-refractivity contribution in [1.29, 1.82) is 5.26 Å². The number of hydrogen-bond donors (Lipinski definition) is 1. The standard InChI is InChI=1S/C14H18N2O2/c1-3-11(10-15)14(17)16-9-8-12-6-4-5-7-13(12)18-2/h4-7,11H,3,8-9H2,1-2H3,(H,16,17). The van der Waals surface area contributed by atoms with Crippen molar-refractivity contribution in [1.82, 2.24) is 5.32 Å². The Labute approximate surface area is 108 Å². The molecule has 0 saturated heterocycles. The normalized spacial score (nSPS) is 11.4. The molecule has 18 heavy (non-hydrogen) atoms. The summed E-state index contributed by atoms with van der Waals surface area (Å²) in [5.41, 5.74) is 1.05. The van der Waals surface area contributed by atoms with Gasteiger partial charge in [0.1, 0.15) is 11.7 Å². The monoisotopic (exact) mass is 246 g/mol. The summed E-state index contributed by atoms with van der Waals surface area (Å²) in [5, 5.41) is 11.5. The number of carbonyl (C=O) groups is 1. The van der Waals surface area contributed by atoms with Crippen molar-refractivity contribution in [3.63, 3.8) is 0 Å². The van der Waals surface area contributed by atoms with Crippen LogP contribution in [0.5, 0.6) is 5.75 Å². The Hall–Kier alpha value is -2.02. The first-order valence-corrected chi connectivity index (χ1v) is 6.02. The molecule has 0 bridgehead atoms. The second-order valence-electron chi connectivity index (χ2n) is 3.94. The van der Waals surface area contributed by atoms with Crippen molar-refractivity contribution in [3.8, 4) is 11.8 Å². The highest BCUT2D eigenvalue weighted by molar-refractivity contribution is 5.80. The lowest BCUT2D eigenvalue weighted by Crippen LogP contribution is -2.31. The third kappa shape index (κ3) is 3.77. The second-order valence-corrected chi connectivity index (χ2v) is 3.94. The van der Waals surface area contributed by atoms with Gasteiger partial charge in [0.25, 0.3) is 0 Å². The number of carbonyl (C=O) groups excluding carboxylic acids is 1. The first-order valence-electron chi connectivity index (χ1n) is 6.02. The van der Waals surface area contributed by atoms with Crippen LogP contribution < -0.4 is 10.1 Å². The predicted molar refractivity (Wildman–Crippen MR) is 69.1 cm³/mol. The minimum atomic E-state index is -0.553. The van der Waals surface area contributed by atoms with Crippen LogP contribution in [0, 0.1) is 17.2 Å². The summed E-state index contributed by atoms with van der Waals surface area (Å²) in [6.07, 6.45) is 1.23. The lowest BCUT2D eigenvalue weighted by atomic mass is 10.1. The number of methoxy groups -OCH3 is 1. The number of nitriles is 1. The molecule has 1 unspecified atom stereocenters. The summed E-state index contributed by atoms with van der Waals surface area (Å²) >= 11 is 0. The van der Waals surface area contributed by atoms with E-state index < -0.39 is 5.92 Å². The molecule has 1 aromatic rings. The van der Waals surface area contributed by atoms with Crippen LogP contribution in [0.2, 0.25) is 0 Å². The Balaban J connectivity index is 2.47. The van der Waals surface area contributed by atoms with E-state index in [9.17, 15) is 4.79 Å². The zero-order valence-corrected chi connectivity index (χ0v) is 10.8. The summed E-state index contributed by atoms with van der Waals surface area (Å²) in [6.45, 7) is 2.34. The highest BCUT2D eigenvalue weighted by Gasteiger charge is 2.14. The van der Waals surface area contributed by atoms with Crippen LogP contribution in [0.15, 0.2) is 24.3 Å². The Morgan fingerprint density at radius 3 is 2.83 bits per heavy atom. The maximum Gasteiger partial charge on any atom is 0.237 e. The number of para-hydroxylation sites is 1. The average Bonchev–Trinajstić information content (AvgIpc) is 2.40. The number of amides is 1. The summed E-state index contributed by atoms with van der Waals surface area (Å²) < 4.78 is 5.23. The molecule has 1 aromatic carbocycles. The average molecular weight is 246 g/mol. The van der Waals surface area contributed by atoms with Crippen LogP contribution in [0.25, 0.3) is 0 Å². The van der Waals surface area contributed by atoms with Crippen molar-refractivity contribution < 1.29 is 9.53 Å². The van der Waals surface area contributed by atoms with Gasteiger partial charge in [-0.2, -0.15) is 5.26 Å². The zero-order valence-electron chi connectivity index (χ0n) is 10.8. The lowest BCUT2D eigenvalue weighted by molar-refractivity contribution is -0.123. The van der Waals surface area contributed by atoms with E-state index in [2.05, 4.69) is 5.32 Å². The van der Waals surface area contributed by atoms with Gasteiger partial charge in [0.15, 0.2) is 0 Å². The molecule has 1 atom stereocenters. The van der Waals surface area contributed by atoms with Gasteiger partial charge >= 0.3 is 0 Å². The molecule has 1 rings (SSSR count). The third-order valence-corrected chi connectivity index (χ3v) is 2.77. The summed E-state index contributed by atoms with van der Waals surface area (Å²) in [6, 6.07) is 9.68. The molecule has 1 amide bonds. The van der Waals surface area contributed by atoms with Crippen LogP contribution in [-0.4, -0.2) is 19.6 Å². The SMILES string of the molecule is CCC(C#N)C(=O)NCCc1ccccc1OC. The smallest absolute Gasteiger partial charge is 0.237 e. The molecular formula is C14H18N2O2. The molecular weight excluding hydrogens is 228 g/mol. The fraction of sp³-hybridized carbons (Fsp3) is 0.429. The number of ether oxygens (including phenoxy) is 1. The molecule has 0 aromatic heterocycles. The van der Waals surface area contributed by atoms with Gasteiger partial charge in [0.2, 0.25) is 5.91 Å². The van der Waals surface area contributed by atoms with Crippen molar-refractivity contribution in [2.45, 2.75) is 19.8 Å². The Kier molecular flexibility index (Phi) is 5.72. The van der Waals surface area contributed by atoms with E-state index in [1.807, 2.05) is 37.3 Å². The largest absolute Gasteiger partial charge is 0.496 e. The first-order chi connectivity index (χ1) is 8.72. The number of nitrogens with one attached hydrogen (secondary N) is 1. The number of rotatable bonds is 6. The van der Waals surface area contributed by atoms with Gasteiger partial charge in [-0.3, -0.25) is 4.79 Å². The van der Waals surface area contributed by atoms with Gasteiger partial charge in [-0.05, 0) is 24.5 Å². The summed E-state index contributed by atoms with van der Waals surface area (Å²) in [4.78, 5) is 11.6. The summed E-state index contributed by atoms with van der Waals surface area (Å²) in [5.74, 6) is 0.0663. The van der Waals surface area contributed by atoms with E-state index in [0.717, 1.165) is 11.3 Å². The summed E-state index contributed by atoms with van der Waals surface area (Å²) in [7, 11) is 1.63. The fourth-order valence-electron chi connectivity index (χ4n) is 1.69. The molecule has 0 aliphatic rings. The van der Waals surface area contributed by atoms with E-state index in [1.54, 1.807) is 7.11 Å². The van der Waals surface area contributed by atoms with Crippen molar-refractivity contribution in [2.75, 3.05) is 13.7 Å². The van der Waals surface area contributed by atoms with Crippen LogP contribution >= 0.6 is 0 Å². The third-order valence-electron chi connectivity index (χ3n) is 2.77. The van der Waals surface area contributed by atoms with Crippen molar-refractivity contribution in [3.05, 3.63) is 29.8 Å². The van der Waals surface area contributed by atoms with Gasteiger partial charge in [-0.1, -0.05) is 25.1 Å². The van der Waals surface area contributed by atoms with E-state index in [0.29, 0.717) is 19.4 Å². The Morgan fingerprint density at radius 1 is 1.50 bits per heavy atom. The number of nitrogens with zero attached hydrogens (tertiary/aromatic N) is 1. The molecule has 0 spiro atoms. The molecule has 4 heteroatoms. The molecule has 0 heterocycles. The predicted octanol–water partition coefficient (Wildman–Crippen LogP) is 1.90. The van der Waals surface area contributed by atoms with Crippen LogP contribution in [-0.2, 0) is 11.2 Å². The van der Waals surface area contributed by atoms with Crippen LogP contribution in [0.3, 0.4) is 0 Å². The fourth-order valence-corrected chi connectivity index (χ4v) is 1.69. The Bertz CT molecular complexity index is 438. The first kappa shape index (κ1) is 14.0. The van der Waals surface area contributed by atoms with E-state index in [1.165, 1.54) is 0 Å². The van der Waals surface area contributed by atoms with E-state index in [-0.39, 0.29) is 5.91 Å². The number of benzene rings is 1. The molecule has 0 saturated carbocycles. The lowest BCUT2D eigenvalue weighted by Gasteiger charge is -2.10. The molecule has 4 nitrogen and oxygen atoms in total. The van der Waals surface area contributed by atoms with Crippen LogP contribution in [0.1, 0.15) is 18.9 Å². The number of hydrogen-bond acceptors (Lipinski definition) is 3. The molecule has 0 fully saturated rings. The molecule has 0 radical (unpaired) electrons. The van der Waals surface area contributed by atoms with Crippen molar-refractivity contribution in [2.24, 2.45) is 5.92 Å². The maximum absolute atomic E-state index is 11.6. The van der Waals surface area contributed by atoms with E-state index in [4.69, 9.17) is 10.00 Å². The molecule has 1 N–H and O–H groups in total. The maximum atomic E-state index is 11.6. The highest BCUT2D eigenvalue weighted by atomic mass is 16.5. The minimum absolute atomic E-state index is 0.199. The van der Waals surface area contributed by atoms with E-state index >= 15 is 0 Å². The molecule has 0 aliphatic heterocycles. The molecule has 0 aliphatic carbocycles. The van der Waals surface area contributed by atoms with Gasteiger partial charge in [-0.25, -0.2) is 0 Å². The minimum Gasteiger partial charge on any atom is -0.496 e. The van der Waals surface area contributed by atoms with Crippen LogP contribution in [0.4, 0.5) is 0 Å². The van der Waals surface area contributed by atoms with Gasteiger partial charge in [0.05, 0.1) is 13.2 Å². The quantitative estimate of drug-likeness (QED) is 0.834. The highest BCUT2D eigenvalue weighted by Crippen LogP contribution is 2.17. The van der Waals surface area contributed by atoms with Gasteiger partial charge < -0.3 is 10.1 Å². The van der Waals surface area contributed by atoms with Gasteiger partial charge in [0, 0.05) is 6.54 Å². The Morgan fingerprint density at radius 2 is 2.22 bits per heavy atom. The second kappa shape index (κ2) is 7.33. The molecule has 96 valence electrons. The topological polar surface area (TPSA) is 62.1 Å².